The Balaban J connectivity index is 1.64. The Morgan fingerprint density at radius 3 is 2.90 bits per heavy atom. The summed E-state index contributed by atoms with van der Waals surface area (Å²) in [7, 11) is 0. The molecule has 0 atom stereocenters. The zero-order valence-electron chi connectivity index (χ0n) is 10.9. The van der Waals surface area contributed by atoms with Gasteiger partial charge in [0.15, 0.2) is 11.5 Å². The van der Waals surface area contributed by atoms with Crippen molar-refractivity contribution in [2.45, 2.75) is 13.5 Å². The van der Waals surface area contributed by atoms with Crippen LogP contribution in [0, 0.1) is 6.92 Å². The summed E-state index contributed by atoms with van der Waals surface area (Å²) in [5.74, 6) is 1.37. The van der Waals surface area contributed by atoms with Crippen LogP contribution in [-0.2, 0) is 6.54 Å². The van der Waals surface area contributed by atoms with E-state index in [1.54, 1.807) is 17.4 Å². The fraction of sp³-hybridized carbons (Fsp3) is 0.214. The molecule has 0 saturated carbocycles. The summed E-state index contributed by atoms with van der Waals surface area (Å²) in [6.45, 7) is 2.66. The van der Waals surface area contributed by atoms with Crippen LogP contribution >= 0.6 is 11.3 Å². The molecule has 104 valence electrons. The predicted molar refractivity (Wildman–Crippen MR) is 77.5 cm³/mol. The monoisotopic (exact) mass is 290 g/mol. The zero-order valence-corrected chi connectivity index (χ0v) is 11.8. The van der Waals surface area contributed by atoms with Crippen molar-refractivity contribution in [1.29, 1.82) is 0 Å². The van der Waals surface area contributed by atoms with E-state index < -0.39 is 0 Å². The molecule has 1 aliphatic heterocycles. The predicted octanol–water partition coefficient (Wildman–Crippen LogP) is 3.11. The van der Waals surface area contributed by atoms with Crippen LogP contribution in [0.25, 0.3) is 0 Å². The first-order valence-electron chi connectivity index (χ1n) is 6.20. The number of urea groups is 1. The molecule has 2 aromatic rings. The maximum absolute atomic E-state index is 11.9. The summed E-state index contributed by atoms with van der Waals surface area (Å²) in [5.41, 5.74) is 1.65. The summed E-state index contributed by atoms with van der Waals surface area (Å²) in [5, 5.41) is 7.62. The van der Waals surface area contributed by atoms with Crippen LogP contribution in [0.2, 0.25) is 0 Å². The molecular formula is C14H14N2O3S. The van der Waals surface area contributed by atoms with Crippen LogP contribution in [0.3, 0.4) is 0 Å². The van der Waals surface area contributed by atoms with Gasteiger partial charge in [0.2, 0.25) is 6.79 Å². The van der Waals surface area contributed by atoms with Gasteiger partial charge >= 0.3 is 6.03 Å². The van der Waals surface area contributed by atoms with E-state index in [0.29, 0.717) is 18.0 Å². The van der Waals surface area contributed by atoms with Crippen molar-refractivity contribution in [3.8, 4) is 11.5 Å². The minimum Gasteiger partial charge on any atom is -0.454 e. The minimum absolute atomic E-state index is 0.225. The van der Waals surface area contributed by atoms with Gasteiger partial charge in [-0.25, -0.2) is 4.79 Å². The Labute approximate surface area is 120 Å². The summed E-state index contributed by atoms with van der Waals surface area (Å²) >= 11 is 1.61. The first-order valence-corrected chi connectivity index (χ1v) is 7.08. The maximum Gasteiger partial charge on any atom is 0.319 e. The van der Waals surface area contributed by atoms with Gasteiger partial charge in [0.25, 0.3) is 0 Å². The van der Waals surface area contributed by atoms with E-state index >= 15 is 0 Å². The van der Waals surface area contributed by atoms with E-state index in [1.165, 1.54) is 0 Å². The average Bonchev–Trinajstić information content (AvgIpc) is 3.07. The van der Waals surface area contributed by atoms with E-state index in [9.17, 15) is 4.79 Å². The van der Waals surface area contributed by atoms with E-state index in [2.05, 4.69) is 10.6 Å². The van der Waals surface area contributed by atoms with Gasteiger partial charge in [-0.1, -0.05) is 6.07 Å². The van der Waals surface area contributed by atoms with Crippen molar-refractivity contribution in [2.24, 2.45) is 0 Å². The molecular weight excluding hydrogens is 276 g/mol. The number of carbonyl (C=O) groups excluding carboxylic acids is 1. The van der Waals surface area contributed by atoms with Crippen LogP contribution in [0.5, 0.6) is 11.5 Å². The number of amides is 2. The summed E-state index contributed by atoms with van der Waals surface area (Å²) < 4.78 is 10.6. The molecule has 0 spiro atoms. The Kier molecular flexibility index (Phi) is 3.47. The molecule has 0 bridgehead atoms. The average molecular weight is 290 g/mol. The number of carbonyl (C=O) groups is 1. The van der Waals surface area contributed by atoms with Crippen LogP contribution in [0.15, 0.2) is 29.6 Å². The lowest BCUT2D eigenvalue weighted by Gasteiger charge is -2.10. The van der Waals surface area contributed by atoms with Crippen molar-refractivity contribution in [3.63, 3.8) is 0 Å². The standard InChI is InChI=1S/C14H14N2O3S/c1-9-5-12-13(19-8-18-12)6-11(9)16-14(17)15-7-10-3-2-4-20-10/h2-6H,7-8H2,1H3,(H2,15,16,17). The lowest BCUT2D eigenvalue weighted by Crippen LogP contribution is -2.28. The second-order valence-electron chi connectivity index (χ2n) is 4.41. The van der Waals surface area contributed by atoms with E-state index in [0.717, 1.165) is 16.1 Å². The molecule has 1 aliphatic rings. The number of hydrogen-bond acceptors (Lipinski definition) is 4. The molecule has 0 fully saturated rings. The molecule has 2 amide bonds. The number of ether oxygens (including phenoxy) is 2. The van der Waals surface area contributed by atoms with Crippen molar-refractivity contribution in [2.75, 3.05) is 12.1 Å². The Bertz CT molecular complexity index is 626. The number of anilines is 1. The van der Waals surface area contributed by atoms with E-state index in [4.69, 9.17) is 9.47 Å². The van der Waals surface area contributed by atoms with Crippen LogP contribution in [0.1, 0.15) is 10.4 Å². The fourth-order valence-corrected chi connectivity index (χ4v) is 2.57. The maximum atomic E-state index is 11.9. The number of rotatable bonds is 3. The molecule has 0 unspecified atom stereocenters. The Morgan fingerprint density at radius 1 is 1.35 bits per heavy atom. The first kappa shape index (κ1) is 12.8. The van der Waals surface area contributed by atoms with Crippen molar-refractivity contribution >= 4 is 23.1 Å². The summed E-state index contributed by atoms with van der Waals surface area (Å²) in [4.78, 5) is 13.0. The topological polar surface area (TPSA) is 59.6 Å². The second kappa shape index (κ2) is 5.42. The molecule has 0 radical (unpaired) electrons. The van der Waals surface area contributed by atoms with Crippen LogP contribution in [-0.4, -0.2) is 12.8 Å². The SMILES string of the molecule is Cc1cc2c(cc1NC(=O)NCc1cccs1)OCO2. The third-order valence-corrected chi connectivity index (χ3v) is 3.85. The van der Waals surface area contributed by atoms with Crippen molar-refractivity contribution < 1.29 is 14.3 Å². The number of benzene rings is 1. The van der Waals surface area contributed by atoms with Crippen molar-refractivity contribution in [1.82, 2.24) is 5.32 Å². The molecule has 6 heteroatoms. The largest absolute Gasteiger partial charge is 0.454 e. The summed E-state index contributed by atoms with van der Waals surface area (Å²) in [6, 6.07) is 7.35. The van der Waals surface area contributed by atoms with Gasteiger partial charge in [0, 0.05) is 16.6 Å². The van der Waals surface area contributed by atoms with Gasteiger partial charge < -0.3 is 20.1 Å². The molecule has 2 heterocycles. The van der Waals surface area contributed by atoms with Gasteiger partial charge in [-0.05, 0) is 30.0 Å². The highest BCUT2D eigenvalue weighted by molar-refractivity contribution is 7.09. The number of aryl methyl sites for hydroxylation is 1. The highest BCUT2D eigenvalue weighted by Crippen LogP contribution is 2.36. The van der Waals surface area contributed by atoms with Gasteiger partial charge in [0.05, 0.1) is 6.54 Å². The molecule has 0 saturated heterocycles. The smallest absolute Gasteiger partial charge is 0.319 e. The third-order valence-electron chi connectivity index (χ3n) is 2.97. The number of fused-ring (bicyclic) bond motifs is 1. The Hall–Kier alpha value is -2.21. The summed E-state index contributed by atoms with van der Waals surface area (Å²) in [6.07, 6.45) is 0. The Morgan fingerprint density at radius 2 is 2.15 bits per heavy atom. The number of hydrogen-bond donors (Lipinski definition) is 2. The van der Waals surface area contributed by atoms with E-state index in [-0.39, 0.29) is 12.8 Å². The number of nitrogens with one attached hydrogen (secondary N) is 2. The third kappa shape index (κ3) is 2.70. The molecule has 5 nitrogen and oxygen atoms in total. The lowest BCUT2D eigenvalue weighted by atomic mass is 10.2. The van der Waals surface area contributed by atoms with Gasteiger partial charge in [-0.2, -0.15) is 0 Å². The van der Waals surface area contributed by atoms with Gasteiger partial charge in [-0.15, -0.1) is 11.3 Å². The van der Waals surface area contributed by atoms with Gasteiger partial charge in [0.1, 0.15) is 0 Å². The highest BCUT2D eigenvalue weighted by atomic mass is 32.1. The van der Waals surface area contributed by atoms with Crippen molar-refractivity contribution in [3.05, 3.63) is 40.1 Å². The molecule has 3 rings (SSSR count). The van der Waals surface area contributed by atoms with E-state index in [1.807, 2.05) is 30.5 Å². The lowest BCUT2D eigenvalue weighted by molar-refractivity contribution is 0.174. The first-order chi connectivity index (χ1) is 9.72. The van der Waals surface area contributed by atoms with Gasteiger partial charge in [-0.3, -0.25) is 0 Å². The molecule has 1 aromatic carbocycles. The fourth-order valence-electron chi connectivity index (χ4n) is 1.93. The highest BCUT2D eigenvalue weighted by Gasteiger charge is 2.16. The second-order valence-corrected chi connectivity index (χ2v) is 5.44. The zero-order chi connectivity index (χ0) is 13.9. The normalized spacial score (nSPS) is 12.2. The molecule has 2 N–H and O–H groups in total. The minimum atomic E-state index is -0.236. The van der Waals surface area contributed by atoms with Crippen LogP contribution < -0.4 is 20.1 Å². The molecule has 0 aliphatic carbocycles. The quantitative estimate of drug-likeness (QED) is 0.913. The number of thiophene rings is 1. The molecule has 1 aromatic heterocycles. The van der Waals surface area contributed by atoms with Crippen LogP contribution in [0.4, 0.5) is 10.5 Å². The molecule has 20 heavy (non-hydrogen) atoms.